The van der Waals surface area contributed by atoms with Crippen molar-refractivity contribution in [2.24, 2.45) is 11.7 Å². The molecule has 3 atom stereocenters. The summed E-state index contributed by atoms with van der Waals surface area (Å²) >= 11 is 0. The molecule has 0 spiro atoms. The van der Waals surface area contributed by atoms with Gasteiger partial charge in [-0.15, -0.1) is 0 Å². The Morgan fingerprint density at radius 2 is 1.95 bits per heavy atom. The van der Waals surface area contributed by atoms with Gasteiger partial charge in [0.25, 0.3) is 0 Å². The zero-order chi connectivity index (χ0) is 14.5. The Morgan fingerprint density at radius 3 is 2.55 bits per heavy atom. The number of hydrogen-bond acceptors (Lipinski definition) is 3. The smallest absolute Gasteiger partial charge is 0.225 e. The molecule has 1 fully saturated rings. The van der Waals surface area contributed by atoms with E-state index >= 15 is 0 Å². The first-order valence-electron chi connectivity index (χ1n) is 7.31. The average molecular weight is 276 g/mol. The lowest BCUT2D eigenvalue weighted by molar-refractivity contribution is -0.127. The van der Waals surface area contributed by atoms with E-state index in [4.69, 9.17) is 10.5 Å². The third-order valence-electron chi connectivity index (χ3n) is 4.13. The van der Waals surface area contributed by atoms with Crippen molar-refractivity contribution in [2.45, 2.75) is 44.7 Å². The van der Waals surface area contributed by atoms with Gasteiger partial charge in [-0.2, -0.15) is 0 Å². The van der Waals surface area contributed by atoms with Gasteiger partial charge in [-0.3, -0.25) is 4.79 Å². The van der Waals surface area contributed by atoms with E-state index in [1.54, 1.807) is 7.11 Å². The first-order chi connectivity index (χ1) is 9.61. The fraction of sp³-hybridized carbons (Fsp3) is 0.562. The molecule has 1 saturated carbocycles. The van der Waals surface area contributed by atoms with Gasteiger partial charge in [0.15, 0.2) is 0 Å². The van der Waals surface area contributed by atoms with Gasteiger partial charge in [0.1, 0.15) is 5.75 Å². The van der Waals surface area contributed by atoms with E-state index in [9.17, 15) is 4.79 Å². The highest BCUT2D eigenvalue weighted by Crippen LogP contribution is 2.24. The van der Waals surface area contributed by atoms with Crippen LogP contribution in [0.1, 0.15) is 44.2 Å². The van der Waals surface area contributed by atoms with E-state index in [1.165, 1.54) is 0 Å². The second-order valence-electron chi connectivity index (χ2n) is 5.56. The standard InChI is InChI=1S/C16H24N2O2/c1-11(12-7-9-13(20-2)10-8-12)18-16(19)14-5-3-4-6-15(14)17/h7-11,14-15H,3-6,17H2,1-2H3,(H,18,19). The number of nitrogens with two attached hydrogens (primary N) is 1. The molecule has 4 nitrogen and oxygen atoms in total. The lowest BCUT2D eigenvalue weighted by Crippen LogP contribution is -2.44. The number of rotatable bonds is 4. The van der Waals surface area contributed by atoms with Crippen molar-refractivity contribution in [3.63, 3.8) is 0 Å². The predicted octanol–water partition coefficient (Wildman–Crippen LogP) is 2.39. The van der Waals surface area contributed by atoms with Gasteiger partial charge < -0.3 is 15.8 Å². The van der Waals surface area contributed by atoms with Gasteiger partial charge in [0, 0.05) is 6.04 Å². The molecule has 0 saturated heterocycles. The molecule has 0 radical (unpaired) electrons. The molecule has 2 rings (SSSR count). The topological polar surface area (TPSA) is 64.3 Å². The summed E-state index contributed by atoms with van der Waals surface area (Å²) in [6.45, 7) is 1.99. The number of hydrogen-bond donors (Lipinski definition) is 2. The summed E-state index contributed by atoms with van der Waals surface area (Å²) in [4.78, 5) is 12.3. The summed E-state index contributed by atoms with van der Waals surface area (Å²) in [5.74, 6) is 0.867. The summed E-state index contributed by atoms with van der Waals surface area (Å²) in [6.07, 6.45) is 4.10. The summed E-state index contributed by atoms with van der Waals surface area (Å²) in [7, 11) is 1.64. The molecule has 1 amide bonds. The normalized spacial score (nSPS) is 23.9. The minimum absolute atomic E-state index is 0.00631. The highest BCUT2D eigenvalue weighted by molar-refractivity contribution is 5.79. The van der Waals surface area contributed by atoms with Crippen molar-refractivity contribution < 1.29 is 9.53 Å². The van der Waals surface area contributed by atoms with Crippen LogP contribution in [0.2, 0.25) is 0 Å². The fourth-order valence-corrected chi connectivity index (χ4v) is 2.78. The van der Waals surface area contributed by atoms with Gasteiger partial charge >= 0.3 is 0 Å². The molecule has 1 aromatic rings. The Kier molecular flexibility index (Phi) is 5.01. The van der Waals surface area contributed by atoms with E-state index in [1.807, 2.05) is 31.2 Å². The maximum Gasteiger partial charge on any atom is 0.225 e. The van der Waals surface area contributed by atoms with Crippen molar-refractivity contribution in [2.75, 3.05) is 7.11 Å². The average Bonchev–Trinajstić information content (AvgIpc) is 2.47. The summed E-state index contributed by atoms with van der Waals surface area (Å²) in [5, 5.41) is 3.07. The Bertz CT molecular complexity index is 444. The number of carbonyl (C=O) groups is 1. The molecule has 0 aliphatic heterocycles. The van der Waals surface area contributed by atoms with Crippen LogP contribution >= 0.6 is 0 Å². The summed E-state index contributed by atoms with van der Waals surface area (Å²) in [6, 6.07) is 7.76. The maximum absolute atomic E-state index is 12.3. The van der Waals surface area contributed by atoms with E-state index in [2.05, 4.69) is 5.32 Å². The summed E-state index contributed by atoms with van der Waals surface area (Å²) in [5.41, 5.74) is 7.13. The zero-order valence-corrected chi connectivity index (χ0v) is 12.3. The van der Waals surface area contributed by atoms with Crippen LogP contribution < -0.4 is 15.8 Å². The van der Waals surface area contributed by atoms with Crippen LogP contribution in [0.3, 0.4) is 0 Å². The van der Waals surface area contributed by atoms with Crippen molar-refractivity contribution in [3.8, 4) is 5.75 Å². The van der Waals surface area contributed by atoms with Gasteiger partial charge in [0.2, 0.25) is 5.91 Å². The van der Waals surface area contributed by atoms with Gasteiger partial charge in [-0.25, -0.2) is 0 Å². The molecular weight excluding hydrogens is 252 g/mol. The lowest BCUT2D eigenvalue weighted by atomic mass is 9.84. The molecule has 3 N–H and O–H groups in total. The van der Waals surface area contributed by atoms with Crippen LogP contribution in [0.15, 0.2) is 24.3 Å². The first-order valence-corrected chi connectivity index (χ1v) is 7.31. The van der Waals surface area contributed by atoms with Crippen LogP contribution in [-0.4, -0.2) is 19.1 Å². The number of methoxy groups -OCH3 is 1. The van der Waals surface area contributed by atoms with Gasteiger partial charge in [-0.1, -0.05) is 25.0 Å². The Hall–Kier alpha value is -1.55. The minimum Gasteiger partial charge on any atom is -0.497 e. The predicted molar refractivity (Wildman–Crippen MR) is 79.5 cm³/mol. The van der Waals surface area contributed by atoms with Crippen molar-refractivity contribution in [1.29, 1.82) is 0 Å². The van der Waals surface area contributed by atoms with Crippen LogP contribution in [-0.2, 0) is 4.79 Å². The molecule has 20 heavy (non-hydrogen) atoms. The molecule has 110 valence electrons. The monoisotopic (exact) mass is 276 g/mol. The zero-order valence-electron chi connectivity index (χ0n) is 12.3. The Morgan fingerprint density at radius 1 is 1.30 bits per heavy atom. The fourth-order valence-electron chi connectivity index (χ4n) is 2.78. The quantitative estimate of drug-likeness (QED) is 0.887. The SMILES string of the molecule is COc1ccc(C(C)NC(=O)C2CCCCC2N)cc1. The number of ether oxygens (including phenoxy) is 1. The molecule has 0 bridgehead atoms. The highest BCUT2D eigenvalue weighted by atomic mass is 16.5. The maximum atomic E-state index is 12.3. The van der Waals surface area contributed by atoms with Crippen molar-refractivity contribution >= 4 is 5.91 Å². The number of carbonyl (C=O) groups excluding carboxylic acids is 1. The molecular formula is C16H24N2O2. The molecule has 0 heterocycles. The van der Waals surface area contributed by atoms with E-state index < -0.39 is 0 Å². The molecule has 1 aromatic carbocycles. The lowest BCUT2D eigenvalue weighted by Gasteiger charge is -2.28. The van der Waals surface area contributed by atoms with E-state index in [0.29, 0.717) is 0 Å². The third kappa shape index (κ3) is 3.51. The molecule has 0 aromatic heterocycles. The van der Waals surface area contributed by atoms with Crippen LogP contribution in [0, 0.1) is 5.92 Å². The molecule has 3 unspecified atom stereocenters. The van der Waals surface area contributed by atoms with Crippen LogP contribution in [0.4, 0.5) is 0 Å². The number of nitrogens with one attached hydrogen (secondary N) is 1. The minimum atomic E-state index is -0.0375. The van der Waals surface area contributed by atoms with Crippen LogP contribution in [0.25, 0.3) is 0 Å². The van der Waals surface area contributed by atoms with E-state index in [-0.39, 0.29) is 23.9 Å². The van der Waals surface area contributed by atoms with Crippen LogP contribution in [0.5, 0.6) is 5.75 Å². The highest BCUT2D eigenvalue weighted by Gasteiger charge is 2.28. The number of amides is 1. The second kappa shape index (κ2) is 6.75. The van der Waals surface area contributed by atoms with Gasteiger partial charge in [-0.05, 0) is 37.5 Å². The third-order valence-corrected chi connectivity index (χ3v) is 4.13. The second-order valence-corrected chi connectivity index (χ2v) is 5.56. The van der Waals surface area contributed by atoms with Gasteiger partial charge in [0.05, 0.1) is 19.1 Å². The van der Waals surface area contributed by atoms with E-state index in [0.717, 1.165) is 37.0 Å². The largest absolute Gasteiger partial charge is 0.497 e. The number of benzene rings is 1. The summed E-state index contributed by atoms with van der Waals surface area (Å²) < 4.78 is 5.14. The Labute approximate surface area is 120 Å². The first kappa shape index (κ1) is 14.9. The van der Waals surface area contributed by atoms with Crippen molar-refractivity contribution in [3.05, 3.63) is 29.8 Å². The molecule has 4 heteroatoms. The molecule has 1 aliphatic rings. The molecule has 1 aliphatic carbocycles. The Balaban J connectivity index is 1.95. The van der Waals surface area contributed by atoms with Crippen molar-refractivity contribution in [1.82, 2.24) is 5.32 Å².